The maximum Gasteiger partial charge on any atom is 0.200 e. The Balaban J connectivity index is 1.32. The highest BCUT2D eigenvalue weighted by Crippen LogP contribution is 2.30. The number of carbonyl (C=O) groups is 2. The highest BCUT2D eigenvalue weighted by molar-refractivity contribution is 6.18. The SMILES string of the molecule is Cc1c(CC(=O)c2cnc(C(C)(C)C)cn2)cccc1C1=NCC(=O)C(Nc2ccc(C3CCCN3C)cn2)=C1. The zero-order valence-corrected chi connectivity index (χ0v) is 23.9. The number of anilines is 1. The van der Waals surface area contributed by atoms with Gasteiger partial charge in [0.05, 0.1) is 23.3 Å². The van der Waals surface area contributed by atoms with E-state index in [1.165, 1.54) is 12.0 Å². The van der Waals surface area contributed by atoms with Gasteiger partial charge < -0.3 is 5.32 Å². The largest absolute Gasteiger partial charge is 0.337 e. The monoisotopic (exact) mass is 536 g/mol. The van der Waals surface area contributed by atoms with Crippen molar-refractivity contribution >= 4 is 23.1 Å². The van der Waals surface area contributed by atoms with E-state index in [-0.39, 0.29) is 29.9 Å². The first-order chi connectivity index (χ1) is 19.1. The van der Waals surface area contributed by atoms with Gasteiger partial charge in [-0.1, -0.05) is 45.0 Å². The number of allylic oxidation sites excluding steroid dienone is 1. The third-order valence-electron chi connectivity index (χ3n) is 7.71. The van der Waals surface area contributed by atoms with E-state index < -0.39 is 0 Å². The second kappa shape index (κ2) is 11.2. The average Bonchev–Trinajstić information content (AvgIpc) is 3.37. The number of benzene rings is 1. The first-order valence-electron chi connectivity index (χ1n) is 13.8. The van der Waals surface area contributed by atoms with E-state index in [0.717, 1.165) is 35.3 Å². The number of pyridine rings is 1. The van der Waals surface area contributed by atoms with Crippen molar-refractivity contribution in [2.24, 2.45) is 4.99 Å². The fraction of sp³-hybridized carbons (Fsp3) is 0.375. The first kappa shape index (κ1) is 27.5. The van der Waals surface area contributed by atoms with Gasteiger partial charge in [-0.05, 0) is 62.2 Å². The molecule has 206 valence electrons. The lowest BCUT2D eigenvalue weighted by Gasteiger charge is -2.20. The van der Waals surface area contributed by atoms with Gasteiger partial charge in [0.2, 0.25) is 0 Å². The van der Waals surface area contributed by atoms with Crippen molar-refractivity contribution in [3.05, 3.63) is 94.3 Å². The topological polar surface area (TPSA) is 100 Å². The maximum absolute atomic E-state index is 13.0. The fourth-order valence-corrected chi connectivity index (χ4v) is 5.19. The van der Waals surface area contributed by atoms with Gasteiger partial charge in [-0.15, -0.1) is 0 Å². The summed E-state index contributed by atoms with van der Waals surface area (Å²) in [6.45, 7) is 9.32. The average molecular weight is 537 g/mol. The molecule has 0 amide bonds. The summed E-state index contributed by atoms with van der Waals surface area (Å²) in [6, 6.07) is 10.2. The Bertz CT molecular complexity index is 1480. The third-order valence-corrected chi connectivity index (χ3v) is 7.71. The normalized spacial score (nSPS) is 17.9. The summed E-state index contributed by atoms with van der Waals surface area (Å²) in [5.74, 6) is 0.441. The molecule has 2 aliphatic rings. The first-order valence-corrected chi connectivity index (χ1v) is 13.8. The number of carbonyl (C=O) groups excluding carboxylic acids is 2. The maximum atomic E-state index is 13.0. The molecule has 8 heteroatoms. The molecule has 2 aliphatic heterocycles. The Morgan fingerprint density at radius 1 is 1.07 bits per heavy atom. The number of nitrogens with one attached hydrogen (secondary N) is 1. The van der Waals surface area contributed by atoms with Gasteiger partial charge in [-0.2, -0.15) is 0 Å². The van der Waals surface area contributed by atoms with E-state index in [1.807, 2.05) is 37.4 Å². The number of rotatable bonds is 7. The molecule has 1 fully saturated rings. The Morgan fingerprint density at radius 3 is 2.55 bits per heavy atom. The number of hydrogen-bond acceptors (Lipinski definition) is 8. The Kier molecular flexibility index (Phi) is 7.72. The number of aromatic nitrogens is 3. The van der Waals surface area contributed by atoms with Crippen LogP contribution in [-0.2, 0) is 16.6 Å². The van der Waals surface area contributed by atoms with Crippen LogP contribution in [0.1, 0.15) is 78.1 Å². The minimum Gasteiger partial charge on any atom is -0.337 e. The van der Waals surface area contributed by atoms with Crippen LogP contribution in [0, 0.1) is 6.92 Å². The standard InChI is InChI=1S/C32H36N6O2/c1-20-21(14-28(39)26-17-35-30(19-34-26)32(2,3)4)8-6-9-23(20)24-15-25(29(40)18-33-24)37-31-12-11-22(16-36-31)27-10-7-13-38(27)5/h6,8-9,11-12,15-17,19,27H,7,10,13-14,18H2,1-5H3,(H,36,37). The molecule has 2 aromatic heterocycles. The Hall–Kier alpha value is -4.04. The molecule has 3 aromatic rings. The highest BCUT2D eigenvalue weighted by atomic mass is 16.1. The number of hydrogen-bond donors (Lipinski definition) is 1. The fourth-order valence-electron chi connectivity index (χ4n) is 5.19. The number of aliphatic imine (C=N–C) groups is 1. The zero-order valence-electron chi connectivity index (χ0n) is 23.9. The smallest absolute Gasteiger partial charge is 0.200 e. The summed E-state index contributed by atoms with van der Waals surface area (Å²) in [6.07, 6.45) is 9.44. The van der Waals surface area contributed by atoms with Crippen molar-refractivity contribution < 1.29 is 9.59 Å². The Morgan fingerprint density at radius 2 is 1.90 bits per heavy atom. The molecule has 0 radical (unpaired) electrons. The van der Waals surface area contributed by atoms with Gasteiger partial charge in [-0.3, -0.25) is 24.5 Å². The second-order valence-corrected chi connectivity index (χ2v) is 11.6. The van der Waals surface area contributed by atoms with Crippen LogP contribution in [0.25, 0.3) is 0 Å². The van der Waals surface area contributed by atoms with Gasteiger partial charge in [0.15, 0.2) is 11.6 Å². The molecule has 40 heavy (non-hydrogen) atoms. The predicted octanol–water partition coefficient (Wildman–Crippen LogP) is 5.04. The molecule has 1 atom stereocenters. The van der Waals surface area contributed by atoms with Crippen LogP contribution in [0.15, 0.2) is 65.7 Å². The number of dihydropyridines is 1. The molecular weight excluding hydrogens is 500 g/mol. The van der Waals surface area contributed by atoms with E-state index in [1.54, 1.807) is 18.5 Å². The van der Waals surface area contributed by atoms with Crippen molar-refractivity contribution in [2.75, 3.05) is 25.5 Å². The highest BCUT2D eigenvalue weighted by Gasteiger charge is 2.24. The molecule has 1 saturated heterocycles. The molecule has 1 N–H and O–H groups in total. The van der Waals surface area contributed by atoms with Crippen LogP contribution in [0.4, 0.5) is 5.82 Å². The minimum atomic E-state index is -0.130. The molecule has 5 rings (SSSR count). The van der Waals surface area contributed by atoms with Crippen LogP contribution in [0.3, 0.4) is 0 Å². The van der Waals surface area contributed by atoms with Gasteiger partial charge in [0.25, 0.3) is 0 Å². The quantitative estimate of drug-likeness (QED) is 0.422. The van der Waals surface area contributed by atoms with Gasteiger partial charge >= 0.3 is 0 Å². The molecule has 4 heterocycles. The molecule has 1 unspecified atom stereocenters. The van der Waals surface area contributed by atoms with Gasteiger partial charge in [-0.25, -0.2) is 9.97 Å². The van der Waals surface area contributed by atoms with Crippen molar-refractivity contribution in [2.45, 2.75) is 58.4 Å². The Labute approximate surface area is 235 Å². The molecular formula is C32H36N6O2. The molecule has 0 aliphatic carbocycles. The lowest BCUT2D eigenvalue weighted by molar-refractivity contribution is -0.114. The summed E-state index contributed by atoms with van der Waals surface area (Å²) in [5, 5.41) is 3.20. The van der Waals surface area contributed by atoms with Crippen LogP contribution in [-0.4, -0.2) is 57.3 Å². The van der Waals surface area contributed by atoms with Crippen molar-refractivity contribution in [3.63, 3.8) is 0 Å². The summed E-state index contributed by atoms with van der Waals surface area (Å²) >= 11 is 0. The van der Waals surface area contributed by atoms with E-state index in [4.69, 9.17) is 0 Å². The van der Waals surface area contributed by atoms with Crippen molar-refractivity contribution in [1.29, 1.82) is 0 Å². The molecule has 0 saturated carbocycles. The third kappa shape index (κ3) is 5.92. The van der Waals surface area contributed by atoms with Gasteiger partial charge in [0, 0.05) is 35.8 Å². The van der Waals surface area contributed by atoms with Crippen LogP contribution < -0.4 is 5.32 Å². The minimum absolute atomic E-state index is 0.0530. The van der Waals surface area contributed by atoms with Crippen LogP contribution in [0.2, 0.25) is 0 Å². The molecule has 1 aromatic carbocycles. The van der Waals surface area contributed by atoms with Crippen molar-refractivity contribution in [3.8, 4) is 0 Å². The molecule has 0 bridgehead atoms. The summed E-state index contributed by atoms with van der Waals surface area (Å²) in [7, 11) is 2.14. The number of likely N-dealkylation sites (tertiary alicyclic amines) is 1. The van der Waals surface area contributed by atoms with Gasteiger partial charge in [0.1, 0.15) is 18.1 Å². The molecule has 8 nitrogen and oxygen atoms in total. The van der Waals surface area contributed by atoms with Crippen molar-refractivity contribution in [1.82, 2.24) is 19.9 Å². The van der Waals surface area contributed by atoms with E-state index >= 15 is 0 Å². The lowest BCUT2D eigenvalue weighted by Crippen LogP contribution is -2.22. The zero-order chi connectivity index (χ0) is 28.4. The van der Waals surface area contributed by atoms with E-state index in [9.17, 15) is 9.59 Å². The number of nitrogens with zero attached hydrogens (tertiary/aromatic N) is 5. The number of ketones is 2. The predicted molar refractivity (Wildman–Crippen MR) is 157 cm³/mol. The van der Waals surface area contributed by atoms with Crippen LogP contribution in [0.5, 0.6) is 0 Å². The summed E-state index contributed by atoms with van der Waals surface area (Å²) in [5.41, 5.74) is 6.13. The number of Topliss-reactive ketones (excluding diaryl/α,β-unsaturated/α-hetero) is 2. The molecule has 0 spiro atoms. The van der Waals surface area contributed by atoms with E-state index in [0.29, 0.717) is 29.0 Å². The van der Waals surface area contributed by atoms with Crippen LogP contribution >= 0.6 is 0 Å². The summed E-state index contributed by atoms with van der Waals surface area (Å²) in [4.78, 5) is 46.0. The van der Waals surface area contributed by atoms with E-state index in [2.05, 4.69) is 64.0 Å². The lowest BCUT2D eigenvalue weighted by atomic mass is 9.92. The summed E-state index contributed by atoms with van der Waals surface area (Å²) < 4.78 is 0. The second-order valence-electron chi connectivity index (χ2n) is 11.6.